The quantitative estimate of drug-likeness (QED) is 0.389. The summed E-state index contributed by atoms with van der Waals surface area (Å²) in [5.41, 5.74) is -0.542. The first-order valence-electron chi connectivity index (χ1n) is 3.07. The molecule has 0 fully saturated rings. The molecule has 0 saturated carbocycles. The van der Waals surface area contributed by atoms with E-state index in [0.717, 1.165) is 0 Å². The van der Waals surface area contributed by atoms with Gasteiger partial charge in [0.15, 0.2) is 0 Å². The van der Waals surface area contributed by atoms with Gasteiger partial charge in [0, 0.05) is 0 Å². The maximum Gasteiger partial charge on any atom is 0.309 e. The Balaban J connectivity index is 0. The summed E-state index contributed by atoms with van der Waals surface area (Å²) >= 11 is 0. The second-order valence-corrected chi connectivity index (χ2v) is 2.54. The van der Waals surface area contributed by atoms with Crippen molar-refractivity contribution in [3.8, 4) is 0 Å². The average molecular weight is 148 g/mol. The lowest BCUT2D eigenvalue weighted by Crippen LogP contribution is -2.21. The molecule has 0 heterocycles. The Bertz CT molecular complexity index is 102. The van der Waals surface area contributed by atoms with Gasteiger partial charge in [-0.05, 0) is 20.3 Å². The molecule has 0 unspecified atom stereocenters. The first-order chi connectivity index (χ1) is 4.50. The van der Waals surface area contributed by atoms with E-state index in [0.29, 0.717) is 6.42 Å². The molecule has 0 amide bonds. The second kappa shape index (κ2) is 5.20. The first-order valence-corrected chi connectivity index (χ1v) is 3.07. The smallest absolute Gasteiger partial charge is 0.309 e. The molecule has 0 rings (SSSR count). The summed E-state index contributed by atoms with van der Waals surface area (Å²) in [6.07, 6.45) is 0.683. The Kier molecular flexibility index (Phi) is 6.29. The van der Waals surface area contributed by atoms with Gasteiger partial charge in [-0.3, -0.25) is 16.5 Å². The topological polar surface area (TPSA) is 89.3 Å². The van der Waals surface area contributed by atoms with Crippen molar-refractivity contribution in [3.05, 3.63) is 0 Å². The lowest BCUT2D eigenvalue weighted by atomic mass is 9.91. The minimum absolute atomic E-state index is 0.542. The molecule has 0 bridgehead atoms. The third-order valence-electron chi connectivity index (χ3n) is 1.46. The van der Waals surface area contributed by atoms with E-state index in [2.05, 4.69) is 11.7 Å². The summed E-state index contributed by atoms with van der Waals surface area (Å²) in [7, 11) is 0. The van der Waals surface area contributed by atoms with Gasteiger partial charge in [-0.25, -0.2) is 0 Å². The van der Waals surface area contributed by atoms with Gasteiger partial charge < -0.3 is 5.11 Å². The predicted molar refractivity (Wildman–Crippen MR) is 40.1 cm³/mol. The Morgan fingerprint density at radius 3 is 1.80 bits per heavy atom. The van der Waals surface area contributed by atoms with Crippen LogP contribution < -0.4 is 11.7 Å². The lowest BCUT2D eigenvalue weighted by molar-refractivity contribution is -0.147. The van der Waals surface area contributed by atoms with Crippen molar-refractivity contribution in [2.45, 2.75) is 27.2 Å². The van der Waals surface area contributed by atoms with E-state index in [1.807, 2.05) is 6.92 Å². The molecule has 5 N–H and O–H groups in total. The maximum atomic E-state index is 10.3. The van der Waals surface area contributed by atoms with Gasteiger partial charge in [-0.2, -0.15) is 0 Å². The molecule has 0 aliphatic heterocycles. The van der Waals surface area contributed by atoms with Crippen molar-refractivity contribution in [3.63, 3.8) is 0 Å². The van der Waals surface area contributed by atoms with Gasteiger partial charge in [-0.15, -0.1) is 0 Å². The molecule has 10 heavy (non-hydrogen) atoms. The molecule has 0 saturated heterocycles. The summed E-state index contributed by atoms with van der Waals surface area (Å²) in [5.74, 6) is 7.28. The summed E-state index contributed by atoms with van der Waals surface area (Å²) in [6.45, 7) is 5.30. The number of hydrogen-bond acceptors (Lipinski definition) is 3. The SMILES string of the molecule is CCC(C)(C)C(=O)O.NN. The van der Waals surface area contributed by atoms with Gasteiger partial charge in [0.1, 0.15) is 0 Å². The van der Waals surface area contributed by atoms with Crippen LogP contribution in [0.1, 0.15) is 27.2 Å². The Morgan fingerprint density at radius 1 is 1.50 bits per heavy atom. The number of aliphatic carboxylic acids is 1. The Morgan fingerprint density at radius 2 is 1.80 bits per heavy atom. The first kappa shape index (κ1) is 12.1. The molecule has 0 aliphatic carbocycles. The number of rotatable bonds is 2. The zero-order valence-electron chi connectivity index (χ0n) is 6.72. The Hall–Kier alpha value is -0.610. The van der Waals surface area contributed by atoms with E-state index >= 15 is 0 Å². The fourth-order valence-corrected chi connectivity index (χ4v) is 0.151. The molecule has 0 aromatic rings. The predicted octanol–water partition coefficient (Wildman–Crippen LogP) is 0.326. The van der Waals surface area contributed by atoms with Crippen molar-refractivity contribution in [2.75, 3.05) is 0 Å². The van der Waals surface area contributed by atoms with Crippen molar-refractivity contribution < 1.29 is 9.90 Å². The van der Waals surface area contributed by atoms with Gasteiger partial charge in [0.05, 0.1) is 5.41 Å². The van der Waals surface area contributed by atoms with E-state index < -0.39 is 11.4 Å². The van der Waals surface area contributed by atoms with E-state index in [9.17, 15) is 4.79 Å². The highest BCUT2D eigenvalue weighted by molar-refractivity contribution is 5.73. The molecule has 0 aliphatic rings. The van der Waals surface area contributed by atoms with Gasteiger partial charge in [-0.1, -0.05) is 6.92 Å². The average Bonchev–Trinajstić information content (AvgIpc) is 1.92. The number of nitrogens with two attached hydrogens (primary N) is 2. The van der Waals surface area contributed by atoms with Crippen molar-refractivity contribution in [1.29, 1.82) is 0 Å². The minimum Gasteiger partial charge on any atom is -0.481 e. The monoisotopic (exact) mass is 148 g/mol. The van der Waals surface area contributed by atoms with Crippen LogP contribution in [0.4, 0.5) is 0 Å². The van der Waals surface area contributed by atoms with Crippen LogP contribution in [0.25, 0.3) is 0 Å². The molecule has 0 aromatic heterocycles. The van der Waals surface area contributed by atoms with Crippen LogP contribution in [0.15, 0.2) is 0 Å². The molecule has 4 heteroatoms. The van der Waals surface area contributed by atoms with E-state index in [-0.39, 0.29) is 0 Å². The molecule has 0 atom stereocenters. The third-order valence-corrected chi connectivity index (χ3v) is 1.46. The van der Waals surface area contributed by atoms with Crippen molar-refractivity contribution >= 4 is 5.97 Å². The zero-order chi connectivity index (χ0) is 8.78. The fraction of sp³-hybridized carbons (Fsp3) is 0.833. The number of hydrazine groups is 1. The van der Waals surface area contributed by atoms with Gasteiger partial charge in [0.25, 0.3) is 0 Å². The minimum atomic E-state index is -0.722. The van der Waals surface area contributed by atoms with Crippen LogP contribution in [-0.2, 0) is 4.79 Å². The fourth-order valence-electron chi connectivity index (χ4n) is 0.151. The van der Waals surface area contributed by atoms with E-state index in [1.165, 1.54) is 0 Å². The van der Waals surface area contributed by atoms with Gasteiger partial charge in [0.2, 0.25) is 0 Å². The summed E-state index contributed by atoms with van der Waals surface area (Å²) in [4.78, 5) is 10.3. The number of carbonyl (C=O) groups is 1. The van der Waals surface area contributed by atoms with Crippen LogP contribution in [0, 0.1) is 5.41 Å². The molecule has 0 radical (unpaired) electrons. The largest absolute Gasteiger partial charge is 0.481 e. The van der Waals surface area contributed by atoms with E-state index in [4.69, 9.17) is 5.11 Å². The summed E-state index contributed by atoms with van der Waals surface area (Å²) < 4.78 is 0. The summed E-state index contributed by atoms with van der Waals surface area (Å²) in [6, 6.07) is 0. The molecular formula is C6H16N2O2. The molecule has 0 spiro atoms. The molecule has 62 valence electrons. The highest BCUT2D eigenvalue weighted by Gasteiger charge is 2.23. The molecule has 4 nitrogen and oxygen atoms in total. The Labute approximate surface area is 61.2 Å². The maximum absolute atomic E-state index is 10.3. The lowest BCUT2D eigenvalue weighted by Gasteiger charge is -2.14. The molecular weight excluding hydrogens is 132 g/mol. The van der Waals surface area contributed by atoms with Crippen LogP contribution in [0.5, 0.6) is 0 Å². The van der Waals surface area contributed by atoms with Crippen LogP contribution in [-0.4, -0.2) is 11.1 Å². The number of carboxylic acid groups (broad SMARTS) is 1. The van der Waals surface area contributed by atoms with Crippen LogP contribution >= 0.6 is 0 Å². The van der Waals surface area contributed by atoms with E-state index in [1.54, 1.807) is 13.8 Å². The third kappa shape index (κ3) is 4.29. The van der Waals surface area contributed by atoms with Crippen molar-refractivity contribution in [1.82, 2.24) is 0 Å². The summed E-state index contributed by atoms with van der Waals surface area (Å²) in [5, 5.41) is 8.44. The highest BCUT2D eigenvalue weighted by atomic mass is 16.4. The number of hydrogen-bond donors (Lipinski definition) is 3. The normalized spacial score (nSPS) is 9.70. The van der Waals surface area contributed by atoms with Gasteiger partial charge >= 0.3 is 5.97 Å². The van der Waals surface area contributed by atoms with Crippen molar-refractivity contribution in [2.24, 2.45) is 17.1 Å². The molecule has 0 aromatic carbocycles. The van der Waals surface area contributed by atoms with Crippen LogP contribution in [0.2, 0.25) is 0 Å². The second-order valence-electron chi connectivity index (χ2n) is 2.54. The zero-order valence-corrected chi connectivity index (χ0v) is 6.72. The highest BCUT2D eigenvalue weighted by Crippen LogP contribution is 2.18. The standard InChI is InChI=1S/C6H12O2.H4N2/c1-4-6(2,3)5(7)8;1-2/h4H2,1-3H3,(H,7,8);1-2H2. The van der Waals surface area contributed by atoms with Crippen LogP contribution in [0.3, 0.4) is 0 Å². The number of carboxylic acids is 1.